The van der Waals surface area contributed by atoms with E-state index in [1.54, 1.807) is 0 Å². The molecule has 110 valence electrons. The molecule has 0 aliphatic carbocycles. The Balaban J connectivity index is 1.68. The van der Waals surface area contributed by atoms with Gasteiger partial charge in [-0.3, -0.25) is 4.90 Å². The minimum Gasteiger partial charge on any atom is -0.486 e. The van der Waals surface area contributed by atoms with Crippen molar-refractivity contribution in [2.45, 2.75) is 19.1 Å². The normalized spacial score (nSPS) is 24.4. The molecule has 1 saturated heterocycles. The summed E-state index contributed by atoms with van der Waals surface area (Å²) in [6.07, 6.45) is -0.522. The lowest BCUT2D eigenvalue weighted by Gasteiger charge is -2.34. The average Bonchev–Trinajstić information content (AvgIpc) is 2.49. The lowest BCUT2D eigenvalue weighted by Crippen LogP contribution is -2.45. The number of rotatable bonds is 3. The highest BCUT2D eigenvalue weighted by atomic mass is 16.6. The van der Waals surface area contributed by atoms with Crippen LogP contribution >= 0.6 is 0 Å². The van der Waals surface area contributed by atoms with Crippen LogP contribution in [0.3, 0.4) is 0 Å². The van der Waals surface area contributed by atoms with Crippen molar-refractivity contribution in [3.8, 4) is 11.5 Å². The summed E-state index contributed by atoms with van der Waals surface area (Å²) in [5.41, 5.74) is 0.868. The topological polar surface area (TPSA) is 51.2 Å². The molecule has 1 aromatic rings. The van der Waals surface area contributed by atoms with Gasteiger partial charge in [0.25, 0.3) is 0 Å². The fraction of sp³-hybridized carbons (Fsp3) is 0.600. The summed E-state index contributed by atoms with van der Waals surface area (Å²) in [5.74, 6) is 1.48. The number of aliphatic hydroxyl groups excluding tert-OH is 1. The van der Waals surface area contributed by atoms with E-state index < -0.39 is 6.10 Å². The zero-order chi connectivity index (χ0) is 13.9. The highest BCUT2D eigenvalue weighted by molar-refractivity contribution is 5.44. The molecule has 3 rings (SSSR count). The second kappa shape index (κ2) is 5.99. The molecule has 0 amide bonds. The Morgan fingerprint density at radius 1 is 1.25 bits per heavy atom. The number of aliphatic hydroxyl groups is 1. The molecule has 5 heteroatoms. The van der Waals surface area contributed by atoms with Gasteiger partial charge in [-0.15, -0.1) is 0 Å². The smallest absolute Gasteiger partial charge is 0.161 e. The molecule has 20 heavy (non-hydrogen) atoms. The third-order valence-electron chi connectivity index (χ3n) is 3.86. The van der Waals surface area contributed by atoms with Gasteiger partial charge in [0.2, 0.25) is 0 Å². The van der Waals surface area contributed by atoms with E-state index in [-0.39, 0.29) is 0 Å². The zero-order valence-electron chi connectivity index (χ0n) is 11.7. The fourth-order valence-corrected chi connectivity index (χ4v) is 2.63. The van der Waals surface area contributed by atoms with Crippen molar-refractivity contribution >= 4 is 0 Å². The van der Waals surface area contributed by atoms with E-state index in [0.29, 0.717) is 25.8 Å². The van der Waals surface area contributed by atoms with E-state index in [2.05, 4.69) is 11.8 Å². The van der Waals surface area contributed by atoms with E-state index in [9.17, 15) is 5.11 Å². The predicted octanol–water partition coefficient (Wildman–Crippen LogP) is 1.21. The van der Waals surface area contributed by atoms with Crippen LogP contribution in [0, 0.1) is 0 Å². The Morgan fingerprint density at radius 3 is 2.85 bits per heavy atom. The van der Waals surface area contributed by atoms with Crippen LogP contribution in [0.1, 0.15) is 18.6 Å². The van der Waals surface area contributed by atoms with Crippen molar-refractivity contribution in [2.75, 3.05) is 39.5 Å². The summed E-state index contributed by atoms with van der Waals surface area (Å²) in [6, 6.07) is 6.00. The second-order valence-electron chi connectivity index (χ2n) is 5.34. The number of fused-ring (bicyclic) bond motifs is 1. The van der Waals surface area contributed by atoms with Gasteiger partial charge in [-0.25, -0.2) is 0 Å². The molecule has 1 aromatic carbocycles. The standard InChI is InChI=1S/C15H21NO4/c1-11-10-18-5-4-16(11)9-13(17)12-2-3-14-15(8-12)20-7-6-19-14/h2-3,8,11,13,17H,4-7,9-10H2,1H3. The lowest BCUT2D eigenvalue weighted by molar-refractivity contribution is -0.0203. The van der Waals surface area contributed by atoms with Gasteiger partial charge in [-0.05, 0) is 24.6 Å². The SMILES string of the molecule is CC1COCCN1CC(O)c1ccc2c(c1)OCCO2. The number of nitrogens with zero attached hydrogens (tertiary/aromatic N) is 1. The number of hydrogen-bond donors (Lipinski definition) is 1. The van der Waals surface area contributed by atoms with Crippen LogP contribution < -0.4 is 9.47 Å². The number of morpholine rings is 1. The Hall–Kier alpha value is -1.30. The minimum atomic E-state index is -0.522. The van der Waals surface area contributed by atoms with Crippen molar-refractivity contribution in [1.82, 2.24) is 4.90 Å². The van der Waals surface area contributed by atoms with Gasteiger partial charge in [-0.1, -0.05) is 6.07 Å². The van der Waals surface area contributed by atoms with Gasteiger partial charge in [0, 0.05) is 19.1 Å². The molecule has 2 heterocycles. The highest BCUT2D eigenvalue weighted by Crippen LogP contribution is 2.32. The van der Waals surface area contributed by atoms with Gasteiger partial charge in [0.05, 0.1) is 19.3 Å². The van der Waals surface area contributed by atoms with Crippen molar-refractivity contribution in [2.24, 2.45) is 0 Å². The summed E-state index contributed by atoms with van der Waals surface area (Å²) in [6.45, 7) is 6.21. The third kappa shape index (κ3) is 2.90. The Bertz CT molecular complexity index is 465. The van der Waals surface area contributed by atoms with Crippen molar-refractivity contribution in [1.29, 1.82) is 0 Å². The van der Waals surface area contributed by atoms with E-state index >= 15 is 0 Å². The van der Waals surface area contributed by atoms with Crippen LogP contribution in [0.4, 0.5) is 0 Å². The van der Waals surface area contributed by atoms with Gasteiger partial charge < -0.3 is 19.3 Å². The van der Waals surface area contributed by atoms with Crippen molar-refractivity contribution in [3.05, 3.63) is 23.8 Å². The predicted molar refractivity (Wildman–Crippen MR) is 74.2 cm³/mol. The quantitative estimate of drug-likeness (QED) is 0.901. The minimum absolute atomic E-state index is 0.343. The maximum Gasteiger partial charge on any atom is 0.161 e. The van der Waals surface area contributed by atoms with Crippen LogP contribution in [0.2, 0.25) is 0 Å². The van der Waals surface area contributed by atoms with E-state index in [0.717, 1.165) is 36.8 Å². The molecule has 0 bridgehead atoms. The lowest BCUT2D eigenvalue weighted by atomic mass is 10.1. The first-order valence-electron chi connectivity index (χ1n) is 7.13. The molecule has 2 aliphatic rings. The van der Waals surface area contributed by atoms with Crippen LogP contribution in [0.15, 0.2) is 18.2 Å². The largest absolute Gasteiger partial charge is 0.486 e. The Morgan fingerprint density at radius 2 is 2.05 bits per heavy atom. The molecule has 1 fully saturated rings. The molecular weight excluding hydrogens is 258 g/mol. The molecule has 0 spiro atoms. The molecule has 0 radical (unpaired) electrons. The van der Waals surface area contributed by atoms with Gasteiger partial charge in [0.15, 0.2) is 11.5 Å². The Labute approximate surface area is 119 Å². The summed E-state index contributed by atoms with van der Waals surface area (Å²) >= 11 is 0. The number of hydrogen-bond acceptors (Lipinski definition) is 5. The molecule has 0 saturated carbocycles. The van der Waals surface area contributed by atoms with Gasteiger partial charge >= 0.3 is 0 Å². The third-order valence-corrected chi connectivity index (χ3v) is 3.86. The van der Waals surface area contributed by atoms with Crippen LogP contribution in [-0.2, 0) is 4.74 Å². The van der Waals surface area contributed by atoms with Crippen LogP contribution in [-0.4, -0.2) is 55.6 Å². The first-order valence-corrected chi connectivity index (χ1v) is 7.13. The van der Waals surface area contributed by atoms with Crippen molar-refractivity contribution < 1.29 is 19.3 Å². The Kier molecular flexibility index (Phi) is 4.10. The molecular formula is C15H21NO4. The highest BCUT2D eigenvalue weighted by Gasteiger charge is 2.23. The summed E-state index contributed by atoms with van der Waals surface area (Å²) in [5, 5.41) is 10.4. The molecule has 0 aromatic heterocycles. The summed E-state index contributed by atoms with van der Waals surface area (Å²) in [4.78, 5) is 2.25. The van der Waals surface area contributed by atoms with E-state index in [4.69, 9.17) is 14.2 Å². The van der Waals surface area contributed by atoms with Crippen LogP contribution in [0.25, 0.3) is 0 Å². The van der Waals surface area contributed by atoms with Gasteiger partial charge in [-0.2, -0.15) is 0 Å². The first kappa shape index (κ1) is 13.7. The zero-order valence-corrected chi connectivity index (χ0v) is 11.7. The molecule has 5 nitrogen and oxygen atoms in total. The monoisotopic (exact) mass is 279 g/mol. The fourth-order valence-electron chi connectivity index (χ4n) is 2.63. The maximum atomic E-state index is 10.4. The van der Waals surface area contributed by atoms with E-state index in [1.165, 1.54) is 0 Å². The summed E-state index contributed by atoms with van der Waals surface area (Å²) in [7, 11) is 0. The number of β-amino-alcohol motifs (C(OH)–C–C–N with tert-alkyl or cyclic N) is 1. The molecule has 2 aliphatic heterocycles. The van der Waals surface area contributed by atoms with Gasteiger partial charge in [0.1, 0.15) is 13.2 Å². The van der Waals surface area contributed by atoms with Crippen molar-refractivity contribution in [3.63, 3.8) is 0 Å². The second-order valence-corrected chi connectivity index (χ2v) is 5.34. The number of benzene rings is 1. The van der Waals surface area contributed by atoms with E-state index in [1.807, 2.05) is 18.2 Å². The molecule has 2 unspecified atom stereocenters. The molecule has 1 N–H and O–H groups in total. The maximum absolute atomic E-state index is 10.4. The molecule has 2 atom stereocenters. The average molecular weight is 279 g/mol. The first-order chi connectivity index (χ1) is 9.74. The number of ether oxygens (including phenoxy) is 3. The summed E-state index contributed by atoms with van der Waals surface area (Å²) < 4.78 is 16.5. The van der Waals surface area contributed by atoms with Crippen LogP contribution in [0.5, 0.6) is 11.5 Å².